The van der Waals surface area contributed by atoms with Gasteiger partial charge in [0.2, 0.25) is 11.8 Å². The van der Waals surface area contributed by atoms with Crippen molar-refractivity contribution in [2.45, 2.75) is 24.9 Å². The smallest absolute Gasteiger partial charge is 0.326 e. The van der Waals surface area contributed by atoms with Crippen molar-refractivity contribution >= 4 is 29.5 Å². The van der Waals surface area contributed by atoms with Crippen LogP contribution in [0.15, 0.2) is 24.3 Å². The number of likely N-dealkylation sites (tertiary alicyclic amines) is 1. The van der Waals surface area contributed by atoms with Crippen molar-refractivity contribution in [3.05, 3.63) is 29.8 Å². The van der Waals surface area contributed by atoms with Crippen LogP contribution in [-0.4, -0.2) is 59.0 Å². The van der Waals surface area contributed by atoms with Gasteiger partial charge in [0, 0.05) is 12.6 Å². The molecule has 2 aliphatic heterocycles. The molecule has 0 aliphatic carbocycles. The number of ether oxygens (including phenoxy) is 1. The number of methoxy groups -OCH3 is 1. The third kappa shape index (κ3) is 3.00. The second kappa shape index (κ2) is 7.52. The van der Waals surface area contributed by atoms with E-state index in [1.165, 1.54) is 24.1 Å². The number of phenolic OH excluding ortho intramolecular Hbond substituents is 1. The minimum atomic E-state index is -1.25. The van der Waals surface area contributed by atoms with Crippen molar-refractivity contribution in [1.82, 2.24) is 10.2 Å². The number of nitrogens with one attached hydrogen (secondary N) is 1. The van der Waals surface area contributed by atoms with Crippen LogP contribution in [0.25, 0.3) is 0 Å². The van der Waals surface area contributed by atoms with Crippen LogP contribution < -0.4 is 5.32 Å². The number of carbonyl (C=O) groups is 3. The van der Waals surface area contributed by atoms with Gasteiger partial charge in [0.05, 0.1) is 18.9 Å². The minimum absolute atomic E-state index is 0.110. The summed E-state index contributed by atoms with van der Waals surface area (Å²) in [4.78, 5) is 40.2. The van der Waals surface area contributed by atoms with E-state index in [2.05, 4.69) is 5.32 Å². The summed E-state index contributed by atoms with van der Waals surface area (Å²) in [7, 11) is 1.30. The first-order valence-corrected chi connectivity index (χ1v) is 10.3. The normalized spacial score (nSPS) is 29.9. The maximum absolute atomic E-state index is 13.1. The zero-order valence-corrected chi connectivity index (χ0v) is 16.4. The molecule has 2 fully saturated rings. The highest BCUT2D eigenvalue weighted by atomic mass is 32.2. The van der Waals surface area contributed by atoms with Gasteiger partial charge in [0.1, 0.15) is 11.3 Å². The lowest BCUT2D eigenvalue weighted by atomic mass is 9.78. The number of amides is 2. The van der Waals surface area contributed by atoms with Gasteiger partial charge in [-0.25, -0.2) is 0 Å². The molecule has 1 aromatic carbocycles. The van der Waals surface area contributed by atoms with Crippen molar-refractivity contribution < 1.29 is 24.2 Å². The van der Waals surface area contributed by atoms with Crippen LogP contribution >= 0.6 is 11.8 Å². The minimum Gasteiger partial charge on any atom is -0.508 e. The number of nitrogens with zero attached hydrogens (tertiary/aromatic N) is 1. The van der Waals surface area contributed by atoms with E-state index in [4.69, 9.17) is 4.74 Å². The summed E-state index contributed by atoms with van der Waals surface area (Å²) in [5.41, 5.74) is -0.501. The molecule has 2 saturated heterocycles. The van der Waals surface area contributed by atoms with E-state index in [-0.39, 0.29) is 24.1 Å². The fraction of sp³-hybridized carbons (Fsp3) is 0.526. The number of aromatic hydroxyl groups is 1. The molecule has 0 aromatic heterocycles. The Morgan fingerprint density at radius 1 is 1.30 bits per heavy atom. The average molecular weight is 392 g/mol. The summed E-state index contributed by atoms with van der Waals surface area (Å²) in [5.74, 6) is -1.85. The Morgan fingerprint density at radius 2 is 1.96 bits per heavy atom. The number of phenols is 1. The Hall–Kier alpha value is -2.06. The molecule has 2 aliphatic rings. The Morgan fingerprint density at radius 3 is 2.52 bits per heavy atom. The van der Waals surface area contributed by atoms with Crippen molar-refractivity contribution in [2.24, 2.45) is 11.8 Å². The molecule has 0 saturated carbocycles. The molecule has 0 radical (unpaired) electrons. The SMILES string of the molecule is CCN1C(=O)[C@@H]2[C@H](c3ccc(O)cc3)N[C@@](CCSC)(C(=O)OC)[C@H]2C1=O. The van der Waals surface area contributed by atoms with Gasteiger partial charge in [-0.05, 0) is 43.0 Å². The molecule has 8 heteroatoms. The molecule has 27 heavy (non-hydrogen) atoms. The number of imide groups is 1. The lowest BCUT2D eigenvalue weighted by Crippen LogP contribution is -2.56. The zero-order chi connectivity index (χ0) is 19.8. The highest BCUT2D eigenvalue weighted by Crippen LogP contribution is 2.50. The van der Waals surface area contributed by atoms with Crippen LogP contribution in [0.4, 0.5) is 0 Å². The van der Waals surface area contributed by atoms with Gasteiger partial charge >= 0.3 is 5.97 Å². The molecule has 4 atom stereocenters. The van der Waals surface area contributed by atoms with Gasteiger partial charge in [-0.2, -0.15) is 11.8 Å². The molecule has 3 rings (SSSR count). The van der Waals surface area contributed by atoms with E-state index >= 15 is 0 Å². The third-order valence-corrected chi connectivity index (χ3v) is 6.18. The Bertz CT molecular complexity index is 753. The maximum atomic E-state index is 13.1. The second-order valence-corrected chi connectivity index (χ2v) is 7.83. The molecule has 146 valence electrons. The number of esters is 1. The second-order valence-electron chi connectivity index (χ2n) is 6.84. The summed E-state index contributed by atoms with van der Waals surface area (Å²) >= 11 is 1.57. The van der Waals surface area contributed by atoms with Crippen LogP contribution in [0.3, 0.4) is 0 Å². The molecule has 2 N–H and O–H groups in total. The summed E-state index contributed by atoms with van der Waals surface area (Å²) in [6.07, 6.45) is 2.31. The molecular formula is C19H24N2O5S. The van der Waals surface area contributed by atoms with Gasteiger partial charge < -0.3 is 9.84 Å². The van der Waals surface area contributed by atoms with Gasteiger partial charge in [-0.15, -0.1) is 0 Å². The van der Waals surface area contributed by atoms with E-state index in [1.807, 2.05) is 6.26 Å². The van der Waals surface area contributed by atoms with Crippen molar-refractivity contribution in [1.29, 1.82) is 0 Å². The monoisotopic (exact) mass is 392 g/mol. The number of thioether (sulfide) groups is 1. The molecule has 0 spiro atoms. The van der Waals surface area contributed by atoms with Crippen LogP contribution in [0.2, 0.25) is 0 Å². The van der Waals surface area contributed by atoms with Gasteiger partial charge in [0.15, 0.2) is 0 Å². The van der Waals surface area contributed by atoms with Crippen molar-refractivity contribution in [3.8, 4) is 5.75 Å². The molecule has 0 bridgehead atoms. The third-order valence-electron chi connectivity index (χ3n) is 5.56. The number of benzene rings is 1. The number of carbonyl (C=O) groups excluding carboxylic acids is 3. The first kappa shape index (κ1) is 19.7. The Balaban J connectivity index is 2.12. The largest absolute Gasteiger partial charge is 0.508 e. The molecule has 7 nitrogen and oxygen atoms in total. The maximum Gasteiger partial charge on any atom is 0.326 e. The van der Waals surface area contributed by atoms with Crippen LogP contribution in [0, 0.1) is 11.8 Å². The topological polar surface area (TPSA) is 95.9 Å². The van der Waals surface area contributed by atoms with E-state index in [0.29, 0.717) is 12.2 Å². The highest BCUT2D eigenvalue weighted by molar-refractivity contribution is 7.98. The van der Waals surface area contributed by atoms with Crippen LogP contribution in [-0.2, 0) is 19.1 Å². The molecular weight excluding hydrogens is 368 g/mol. The molecule has 1 aromatic rings. The average Bonchev–Trinajstić information content (AvgIpc) is 3.14. The molecule has 0 unspecified atom stereocenters. The Kier molecular flexibility index (Phi) is 5.48. The van der Waals surface area contributed by atoms with Crippen molar-refractivity contribution in [3.63, 3.8) is 0 Å². The summed E-state index contributed by atoms with van der Waals surface area (Å²) < 4.78 is 5.07. The standard InChI is InChI=1S/C19H24N2O5S/c1-4-21-16(23)13-14(17(21)24)19(9-10-27-3,18(25)26-2)20-15(13)11-5-7-12(22)8-6-11/h5-8,13-15,20,22H,4,9-10H2,1-3H3/t13-,14+,15-,19+/m0/s1. The van der Waals surface area contributed by atoms with E-state index in [9.17, 15) is 19.5 Å². The van der Waals surface area contributed by atoms with Crippen LogP contribution in [0.1, 0.15) is 24.9 Å². The van der Waals surface area contributed by atoms with Gasteiger partial charge in [0.25, 0.3) is 0 Å². The fourth-order valence-corrected chi connectivity index (χ4v) is 4.83. The quantitative estimate of drug-likeness (QED) is 0.557. The summed E-state index contributed by atoms with van der Waals surface area (Å²) in [5, 5.41) is 12.9. The van der Waals surface area contributed by atoms with Crippen LogP contribution in [0.5, 0.6) is 5.75 Å². The number of hydrogen-bond acceptors (Lipinski definition) is 7. The zero-order valence-electron chi connectivity index (χ0n) is 15.6. The first-order valence-electron chi connectivity index (χ1n) is 8.90. The molecule has 2 amide bonds. The number of hydrogen-bond donors (Lipinski definition) is 2. The lowest BCUT2D eigenvalue weighted by Gasteiger charge is -2.32. The number of fused-ring (bicyclic) bond motifs is 1. The first-order chi connectivity index (χ1) is 12.9. The highest BCUT2D eigenvalue weighted by Gasteiger charge is 2.68. The van der Waals surface area contributed by atoms with E-state index in [1.54, 1.807) is 30.8 Å². The van der Waals surface area contributed by atoms with Gasteiger partial charge in [-0.1, -0.05) is 12.1 Å². The molecule has 2 heterocycles. The van der Waals surface area contributed by atoms with E-state index < -0.39 is 29.4 Å². The predicted molar refractivity (Wildman–Crippen MR) is 101 cm³/mol. The summed E-state index contributed by atoms with van der Waals surface area (Å²) in [6, 6.07) is 5.97. The van der Waals surface area contributed by atoms with Gasteiger partial charge in [-0.3, -0.25) is 24.6 Å². The Labute approximate surface area is 162 Å². The predicted octanol–water partition coefficient (Wildman–Crippen LogP) is 1.32. The summed E-state index contributed by atoms with van der Waals surface area (Å²) in [6.45, 7) is 2.02. The van der Waals surface area contributed by atoms with Crippen molar-refractivity contribution in [2.75, 3.05) is 25.7 Å². The lowest BCUT2D eigenvalue weighted by molar-refractivity contribution is -0.154. The number of rotatable bonds is 6. The fourth-order valence-electron chi connectivity index (χ4n) is 4.31. The van der Waals surface area contributed by atoms with E-state index in [0.717, 1.165) is 5.56 Å².